The predicted molar refractivity (Wildman–Crippen MR) is 98.1 cm³/mol. The van der Waals surface area contributed by atoms with E-state index in [4.69, 9.17) is 4.74 Å². The summed E-state index contributed by atoms with van der Waals surface area (Å²) in [6.07, 6.45) is 0. The molecule has 0 aromatic heterocycles. The number of piperazine rings is 1. The Labute approximate surface area is 154 Å². The quantitative estimate of drug-likeness (QED) is 0.587. The van der Waals surface area contributed by atoms with Crippen LogP contribution in [0.5, 0.6) is 5.75 Å². The third-order valence-corrected chi connectivity index (χ3v) is 5.34. The fourth-order valence-electron chi connectivity index (χ4n) is 2.50. The Kier molecular flexibility index (Phi) is 8.60. The van der Waals surface area contributed by atoms with Crippen LogP contribution >= 0.6 is 12.4 Å². The number of carbonyl (C=O) groups is 1. The van der Waals surface area contributed by atoms with Crippen LogP contribution in [0.3, 0.4) is 0 Å². The molecule has 0 aliphatic carbocycles. The van der Waals surface area contributed by atoms with Gasteiger partial charge < -0.3 is 15.4 Å². The van der Waals surface area contributed by atoms with Gasteiger partial charge in [0.05, 0.1) is 7.11 Å². The molecule has 3 N–H and O–H groups in total. The molecule has 142 valence electrons. The summed E-state index contributed by atoms with van der Waals surface area (Å²) in [5.74, 6) is -0.109. The average Bonchev–Trinajstić information content (AvgIpc) is 2.62. The van der Waals surface area contributed by atoms with Gasteiger partial charge in [0, 0.05) is 44.8 Å². The number of carbonyl (C=O) groups excluding carboxylic acids is 1. The van der Waals surface area contributed by atoms with E-state index in [9.17, 15) is 13.2 Å². The molecule has 10 heteroatoms. The zero-order chi connectivity index (χ0) is 17.6. The predicted octanol–water partition coefficient (Wildman–Crippen LogP) is -0.340. The molecule has 8 nitrogen and oxygen atoms in total. The van der Waals surface area contributed by atoms with E-state index in [2.05, 4.69) is 20.3 Å². The Morgan fingerprint density at radius 3 is 2.60 bits per heavy atom. The topological polar surface area (TPSA) is 99.8 Å². The number of methoxy groups -OCH3 is 1. The minimum absolute atomic E-state index is 0. The molecule has 1 saturated heterocycles. The Hall–Kier alpha value is -1.39. The maximum absolute atomic E-state index is 12.3. The summed E-state index contributed by atoms with van der Waals surface area (Å²) < 4.78 is 31.4. The maximum atomic E-state index is 12.3. The van der Waals surface area contributed by atoms with E-state index in [0.29, 0.717) is 6.54 Å². The summed E-state index contributed by atoms with van der Waals surface area (Å²) in [5, 5.41) is 6.10. The average molecular weight is 393 g/mol. The number of nitrogens with zero attached hydrogens (tertiary/aromatic N) is 1. The number of ether oxygens (including phenoxy) is 1. The first-order valence-corrected chi connectivity index (χ1v) is 9.29. The normalized spacial score (nSPS) is 15.3. The Morgan fingerprint density at radius 2 is 2.00 bits per heavy atom. The van der Waals surface area contributed by atoms with Crippen molar-refractivity contribution in [1.29, 1.82) is 0 Å². The number of hydrogen-bond donors (Lipinski definition) is 3. The summed E-state index contributed by atoms with van der Waals surface area (Å²) in [7, 11) is -1.00. The molecule has 25 heavy (non-hydrogen) atoms. The summed E-state index contributed by atoms with van der Waals surface area (Å²) in [6.45, 7) is 5.12. The highest BCUT2D eigenvalue weighted by molar-refractivity contribution is 7.89. The summed E-state index contributed by atoms with van der Waals surface area (Å²) in [6, 6.07) is 4.36. The van der Waals surface area contributed by atoms with Gasteiger partial charge in [-0.25, -0.2) is 13.1 Å². The number of rotatable bonds is 7. The Bertz CT molecular complexity index is 678. The third-order valence-electron chi connectivity index (χ3n) is 3.91. The zero-order valence-corrected chi connectivity index (χ0v) is 16.0. The highest BCUT2D eigenvalue weighted by Gasteiger charge is 2.20. The van der Waals surface area contributed by atoms with Crippen molar-refractivity contribution in [3.05, 3.63) is 23.8 Å². The minimum atomic E-state index is -3.70. The van der Waals surface area contributed by atoms with Crippen LogP contribution in [-0.2, 0) is 10.0 Å². The fourth-order valence-corrected chi connectivity index (χ4v) is 3.42. The first kappa shape index (κ1) is 21.7. The lowest BCUT2D eigenvalue weighted by molar-refractivity contribution is 0.0947. The molecule has 0 saturated carbocycles. The van der Waals surface area contributed by atoms with E-state index in [0.717, 1.165) is 32.7 Å². The lowest BCUT2D eigenvalue weighted by Gasteiger charge is -2.27. The fraction of sp³-hybridized carbons (Fsp3) is 0.533. The van der Waals surface area contributed by atoms with Gasteiger partial charge in [-0.2, -0.15) is 0 Å². The van der Waals surface area contributed by atoms with Gasteiger partial charge in [-0.3, -0.25) is 9.69 Å². The standard InChI is InChI=1S/C15H24N4O4S.ClH/c1-16-24(21,22)14-11-12(3-4-13(14)23-2)15(20)18-7-10-19-8-5-17-6-9-19;/h3-4,11,16-17H,5-10H2,1-2H3,(H,18,20);1H. The largest absolute Gasteiger partial charge is 0.495 e. The summed E-state index contributed by atoms with van der Waals surface area (Å²) >= 11 is 0. The molecular formula is C15H25ClN4O4S. The SMILES string of the molecule is CNS(=O)(=O)c1cc(C(=O)NCCN2CCNCC2)ccc1OC.Cl. The number of nitrogens with one attached hydrogen (secondary N) is 3. The number of benzene rings is 1. The van der Waals surface area contributed by atoms with E-state index >= 15 is 0 Å². The Morgan fingerprint density at radius 1 is 1.32 bits per heavy atom. The number of hydrogen-bond acceptors (Lipinski definition) is 6. The molecular weight excluding hydrogens is 368 g/mol. The molecule has 2 rings (SSSR count). The first-order chi connectivity index (χ1) is 11.5. The van der Waals surface area contributed by atoms with Crippen molar-refractivity contribution < 1.29 is 17.9 Å². The van der Waals surface area contributed by atoms with Crippen LogP contribution in [0.2, 0.25) is 0 Å². The van der Waals surface area contributed by atoms with Crippen LogP contribution in [0.15, 0.2) is 23.1 Å². The molecule has 1 heterocycles. The van der Waals surface area contributed by atoms with Crippen LogP contribution in [0.4, 0.5) is 0 Å². The summed E-state index contributed by atoms with van der Waals surface area (Å²) in [5.41, 5.74) is 0.282. The molecule has 0 bridgehead atoms. The second-order valence-electron chi connectivity index (χ2n) is 5.42. The van der Waals surface area contributed by atoms with Crippen molar-refractivity contribution in [2.75, 3.05) is 53.4 Å². The maximum Gasteiger partial charge on any atom is 0.251 e. The van der Waals surface area contributed by atoms with E-state index in [1.165, 1.54) is 26.3 Å². The lowest BCUT2D eigenvalue weighted by atomic mass is 10.2. The second-order valence-corrected chi connectivity index (χ2v) is 7.28. The molecule has 0 radical (unpaired) electrons. The minimum Gasteiger partial charge on any atom is -0.495 e. The van der Waals surface area contributed by atoms with Gasteiger partial charge >= 0.3 is 0 Å². The van der Waals surface area contributed by atoms with Crippen LogP contribution in [-0.4, -0.2) is 72.7 Å². The van der Waals surface area contributed by atoms with Crippen molar-refractivity contribution >= 4 is 28.3 Å². The molecule has 0 spiro atoms. The first-order valence-electron chi connectivity index (χ1n) is 7.81. The monoisotopic (exact) mass is 392 g/mol. The highest BCUT2D eigenvalue weighted by Crippen LogP contribution is 2.24. The molecule has 0 unspecified atom stereocenters. The van der Waals surface area contributed by atoms with Crippen LogP contribution in [0.1, 0.15) is 10.4 Å². The van der Waals surface area contributed by atoms with E-state index in [1.807, 2.05) is 0 Å². The van der Waals surface area contributed by atoms with E-state index in [-0.39, 0.29) is 34.5 Å². The molecule has 1 aliphatic heterocycles. The second kappa shape index (κ2) is 9.93. The van der Waals surface area contributed by atoms with Crippen molar-refractivity contribution in [2.45, 2.75) is 4.90 Å². The molecule has 1 aromatic carbocycles. The van der Waals surface area contributed by atoms with Crippen molar-refractivity contribution in [3.8, 4) is 5.75 Å². The number of halogens is 1. The summed E-state index contributed by atoms with van der Waals surface area (Å²) in [4.78, 5) is 14.5. The molecule has 1 amide bonds. The molecule has 1 aromatic rings. The van der Waals surface area contributed by atoms with Gasteiger partial charge in [-0.1, -0.05) is 0 Å². The van der Waals surface area contributed by atoms with Crippen molar-refractivity contribution in [1.82, 2.24) is 20.3 Å². The highest BCUT2D eigenvalue weighted by atomic mass is 35.5. The molecule has 1 fully saturated rings. The molecule has 0 atom stereocenters. The number of sulfonamides is 1. The third kappa shape index (κ3) is 5.82. The van der Waals surface area contributed by atoms with Crippen molar-refractivity contribution in [2.24, 2.45) is 0 Å². The van der Waals surface area contributed by atoms with Crippen LogP contribution in [0, 0.1) is 0 Å². The van der Waals surface area contributed by atoms with E-state index < -0.39 is 10.0 Å². The lowest BCUT2D eigenvalue weighted by Crippen LogP contribution is -2.46. The van der Waals surface area contributed by atoms with Crippen molar-refractivity contribution in [3.63, 3.8) is 0 Å². The van der Waals surface area contributed by atoms with Gasteiger partial charge in [-0.05, 0) is 25.2 Å². The van der Waals surface area contributed by atoms with Gasteiger partial charge in [0.2, 0.25) is 10.0 Å². The smallest absolute Gasteiger partial charge is 0.251 e. The Balaban J connectivity index is 0.00000312. The van der Waals surface area contributed by atoms with Crippen LogP contribution in [0.25, 0.3) is 0 Å². The number of amides is 1. The van der Waals surface area contributed by atoms with Crippen LogP contribution < -0.4 is 20.1 Å². The van der Waals surface area contributed by atoms with E-state index in [1.54, 1.807) is 6.07 Å². The van der Waals surface area contributed by atoms with Gasteiger partial charge in [-0.15, -0.1) is 12.4 Å². The van der Waals surface area contributed by atoms with Gasteiger partial charge in [0.15, 0.2) is 0 Å². The zero-order valence-electron chi connectivity index (χ0n) is 14.4. The van der Waals surface area contributed by atoms with Gasteiger partial charge in [0.25, 0.3) is 5.91 Å². The van der Waals surface area contributed by atoms with Gasteiger partial charge in [0.1, 0.15) is 10.6 Å². The molecule has 1 aliphatic rings.